The lowest BCUT2D eigenvalue weighted by Crippen LogP contribution is -2.61. The van der Waals surface area contributed by atoms with Crippen molar-refractivity contribution in [3.63, 3.8) is 0 Å². The Balaban J connectivity index is 0.00000159. The van der Waals surface area contributed by atoms with Crippen molar-refractivity contribution in [3.05, 3.63) is 69.8 Å². The summed E-state index contributed by atoms with van der Waals surface area (Å²) in [6.07, 6.45) is 3.73. The molecule has 0 bridgehead atoms. The maximum atomic E-state index is 13.6. The number of rotatable bonds is 13. The first kappa shape index (κ1) is 37.4. The van der Waals surface area contributed by atoms with Crippen molar-refractivity contribution in [2.45, 2.75) is 98.7 Å². The molecule has 1 aliphatic rings. The topological polar surface area (TPSA) is 131 Å². The van der Waals surface area contributed by atoms with Gasteiger partial charge in [-0.25, -0.2) is 0 Å². The fourth-order valence-corrected chi connectivity index (χ4v) is 5.70. The molecular weight excluding hydrogens is 548 g/mol. The minimum atomic E-state index is -0.621. The molecule has 0 spiro atoms. The number of hydrogen-bond donors (Lipinski definition) is 4. The fraction of sp³-hybridized carbons (Fsp3) is 0.611. The zero-order valence-electron chi connectivity index (χ0n) is 28.5. The number of piperazine rings is 1. The molecule has 8 nitrogen and oxygen atoms in total. The lowest BCUT2D eigenvalue weighted by atomic mass is 9.96. The molecule has 3 atom stereocenters. The molecule has 3 rings (SSSR count). The van der Waals surface area contributed by atoms with Gasteiger partial charge in [-0.2, -0.15) is 0 Å². The van der Waals surface area contributed by atoms with Crippen LogP contribution in [0.25, 0.3) is 0 Å². The molecule has 0 radical (unpaired) electrons. The van der Waals surface area contributed by atoms with Gasteiger partial charge in [0.15, 0.2) is 0 Å². The quantitative estimate of drug-likeness (QED) is 0.256. The smallest absolute Gasteiger partial charge is 0.240 e. The van der Waals surface area contributed by atoms with E-state index in [0.717, 1.165) is 60.5 Å². The van der Waals surface area contributed by atoms with Crippen molar-refractivity contribution in [2.24, 2.45) is 23.1 Å². The van der Waals surface area contributed by atoms with Crippen LogP contribution < -0.4 is 22.5 Å². The van der Waals surface area contributed by atoms with Gasteiger partial charge < -0.3 is 32.3 Å². The molecule has 1 aliphatic heterocycles. The maximum Gasteiger partial charge on any atom is 0.240 e. The highest BCUT2D eigenvalue weighted by atomic mass is 16.2. The Morgan fingerprint density at radius 2 is 1.34 bits per heavy atom. The van der Waals surface area contributed by atoms with Crippen LogP contribution in [0.2, 0.25) is 0 Å². The van der Waals surface area contributed by atoms with Crippen LogP contribution in [0.3, 0.4) is 0 Å². The number of nitrogens with one attached hydrogen (secondary N) is 1. The predicted octanol–water partition coefficient (Wildman–Crippen LogP) is 3.78. The Morgan fingerprint density at radius 1 is 0.818 bits per heavy atom. The molecule has 8 heteroatoms. The van der Waals surface area contributed by atoms with E-state index in [1.54, 1.807) is 0 Å². The van der Waals surface area contributed by atoms with Gasteiger partial charge in [0.1, 0.15) is 0 Å². The first-order valence-corrected chi connectivity index (χ1v) is 16.5. The summed E-state index contributed by atoms with van der Waals surface area (Å²) in [4.78, 5) is 30.8. The highest BCUT2D eigenvalue weighted by molar-refractivity contribution is 5.84. The first-order valence-electron chi connectivity index (χ1n) is 16.5. The zero-order valence-corrected chi connectivity index (χ0v) is 28.5. The van der Waals surface area contributed by atoms with Gasteiger partial charge in [-0.3, -0.25) is 9.59 Å². The molecule has 1 saturated heterocycles. The van der Waals surface area contributed by atoms with Gasteiger partial charge in [0.2, 0.25) is 11.8 Å². The normalized spacial score (nSPS) is 16.4. The molecule has 1 heterocycles. The van der Waals surface area contributed by atoms with E-state index in [1.807, 2.05) is 9.80 Å². The summed E-state index contributed by atoms with van der Waals surface area (Å²) >= 11 is 0. The zero-order chi connectivity index (χ0) is 32.8. The average molecular weight is 609 g/mol. The van der Waals surface area contributed by atoms with Crippen molar-refractivity contribution < 1.29 is 9.59 Å². The number of benzene rings is 2. The van der Waals surface area contributed by atoms with E-state index in [-0.39, 0.29) is 17.9 Å². The van der Waals surface area contributed by atoms with E-state index >= 15 is 0 Å². The SMILES string of the molecule is CC(C)C.Cc1ccc(CC(N)C(=O)N2CCN(C(=O)C(N)Cc3ccc(C)cc3C)C(CCCCNCCN)C2)c(C)c1. The standard InChI is InChI=1S/C32H50N6O2.C4H10/c1-22-8-10-26(24(3)17-22)19-29(34)31(39)37-15-16-38(28(21-37)7-5-6-13-36-14-12-33)32(40)30(35)20-27-11-9-23(2)18-25(27)4;1-4(2)3/h8-11,17-18,28-30,36H,5-7,12-16,19-21,33-35H2,1-4H3;4H,1-3H3. The third kappa shape index (κ3) is 12.3. The van der Waals surface area contributed by atoms with Gasteiger partial charge in [-0.05, 0) is 88.1 Å². The Morgan fingerprint density at radius 3 is 1.84 bits per heavy atom. The van der Waals surface area contributed by atoms with Crippen LogP contribution in [0.1, 0.15) is 73.4 Å². The molecule has 44 heavy (non-hydrogen) atoms. The summed E-state index contributed by atoms with van der Waals surface area (Å²) < 4.78 is 0. The van der Waals surface area contributed by atoms with Crippen LogP contribution >= 0.6 is 0 Å². The van der Waals surface area contributed by atoms with Gasteiger partial charge in [-0.1, -0.05) is 74.7 Å². The van der Waals surface area contributed by atoms with Gasteiger partial charge in [0.25, 0.3) is 0 Å². The Kier molecular flexibility index (Phi) is 16.1. The number of nitrogens with two attached hydrogens (primary N) is 3. The number of aryl methyl sites for hydroxylation is 4. The van der Waals surface area contributed by atoms with Crippen LogP contribution in [0, 0.1) is 33.6 Å². The molecule has 3 unspecified atom stereocenters. The van der Waals surface area contributed by atoms with Crippen LogP contribution in [0.4, 0.5) is 0 Å². The minimum Gasteiger partial charge on any atom is -0.338 e. The predicted molar refractivity (Wildman–Crippen MR) is 184 cm³/mol. The molecule has 2 amide bonds. The van der Waals surface area contributed by atoms with Gasteiger partial charge in [0, 0.05) is 38.8 Å². The molecule has 0 aromatic heterocycles. The molecule has 0 saturated carbocycles. The maximum absolute atomic E-state index is 13.6. The van der Waals surface area contributed by atoms with E-state index in [0.29, 0.717) is 39.0 Å². The highest BCUT2D eigenvalue weighted by Crippen LogP contribution is 2.20. The Labute approximate surface area is 267 Å². The van der Waals surface area contributed by atoms with Gasteiger partial charge in [-0.15, -0.1) is 0 Å². The summed E-state index contributed by atoms with van der Waals surface area (Å²) in [5.41, 5.74) is 25.4. The molecule has 2 aromatic carbocycles. The van der Waals surface area contributed by atoms with Crippen molar-refractivity contribution in [2.75, 3.05) is 39.3 Å². The monoisotopic (exact) mass is 608 g/mol. The Bertz CT molecular complexity index is 1180. The lowest BCUT2D eigenvalue weighted by molar-refractivity contribution is -0.144. The summed E-state index contributed by atoms with van der Waals surface area (Å²) in [5.74, 6) is 0.735. The fourth-order valence-electron chi connectivity index (χ4n) is 5.70. The molecule has 0 aliphatic carbocycles. The summed E-state index contributed by atoms with van der Waals surface area (Å²) in [7, 11) is 0. The Hall–Kier alpha value is -2.78. The second kappa shape index (κ2) is 18.9. The van der Waals surface area contributed by atoms with Crippen LogP contribution in [0.15, 0.2) is 36.4 Å². The molecular formula is C36H60N6O2. The highest BCUT2D eigenvalue weighted by Gasteiger charge is 2.35. The number of carbonyl (C=O) groups is 2. The van der Waals surface area contributed by atoms with E-state index in [2.05, 4.69) is 90.2 Å². The van der Waals surface area contributed by atoms with E-state index in [1.165, 1.54) is 11.1 Å². The third-order valence-electron chi connectivity index (χ3n) is 8.05. The summed E-state index contributed by atoms with van der Waals surface area (Å²) in [5, 5.41) is 3.33. The van der Waals surface area contributed by atoms with E-state index < -0.39 is 12.1 Å². The second-order valence-electron chi connectivity index (χ2n) is 13.2. The molecule has 7 N–H and O–H groups in total. The summed E-state index contributed by atoms with van der Waals surface area (Å²) in [6, 6.07) is 11.2. The molecule has 1 fully saturated rings. The van der Waals surface area contributed by atoms with Crippen LogP contribution in [-0.2, 0) is 22.4 Å². The largest absolute Gasteiger partial charge is 0.338 e. The van der Waals surface area contributed by atoms with Crippen LogP contribution in [-0.4, -0.2) is 79.0 Å². The minimum absolute atomic E-state index is 0.0436. The number of unbranched alkanes of at least 4 members (excludes halogenated alkanes) is 1. The van der Waals surface area contributed by atoms with Crippen molar-refractivity contribution >= 4 is 11.8 Å². The van der Waals surface area contributed by atoms with Gasteiger partial charge >= 0.3 is 0 Å². The number of carbonyl (C=O) groups excluding carboxylic acids is 2. The summed E-state index contributed by atoms with van der Waals surface area (Å²) in [6.45, 7) is 18.5. The van der Waals surface area contributed by atoms with Crippen molar-refractivity contribution in [1.82, 2.24) is 15.1 Å². The second-order valence-corrected chi connectivity index (χ2v) is 13.2. The lowest BCUT2D eigenvalue weighted by Gasteiger charge is -2.43. The van der Waals surface area contributed by atoms with E-state index in [9.17, 15) is 9.59 Å². The van der Waals surface area contributed by atoms with Crippen molar-refractivity contribution in [3.8, 4) is 0 Å². The third-order valence-corrected chi connectivity index (χ3v) is 8.05. The van der Waals surface area contributed by atoms with E-state index in [4.69, 9.17) is 17.2 Å². The van der Waals surface area contributed by atoms with Gasteiger partial charge in [0.05, 0.1) is 12.1 Å². The first-order chi connectivity index (χ1) is 20.8. The average Bonchev–Trinajstić information content (AvgIpc) is 2.96. The number of amides is 2. The number of hydrogen-bond acceptors (Lipinski definition) is 6. The molecule has 2 aromatic rings. The van der Waals surface area contributed by atoms with Crippen LogP contribution in [0.5, 0.6) is 0 Å². The molecule has 246 valence electrons. The van der Waals surface area contributed by atoms with Crippen molar-refractivity contribution in [1.29, 1.82) is 0 Å². The number of nitrogens with zero attached hydrogens (tertiary/aromatic N) is 2.